The minimum Gasteiger partial charge on any atom is -0.396 e. The zero-order chi connectivity index (χ0) is 11.9. The molecule has 0 unspecified atom stereocenters. The van der Waals surface area contributed by atoms with Gasteiger partial charge in [0.15, 0.2) is 0 Å². The summed E-state index contributed by atoms with van der Waals surface area (Å²) in [7, 11) is 1.57. The zero-order valence-corrected chi connectivity index (χ0v) is 9.12. The van der Waals surface area contributed by atoms with Crippen molar-refractivity contribution in [2.45, 2.75) is 0 Å². The van der Waals surface area contributed by atoms with Crippen LogP contribution in [0.15, 0.2) is 16.9 Å². The summed E-state index contributed by atoms with van der Waals surface area (Å²) in [6.45, 7) is 0. The van der Waals surface area contributed by atoms with Crippen molar-refractivity contribution in [1.29, 1.82) is 5.26 Å². The lowest BCUT2D eigenvalue weighted by Gasteiger charge is -2.08. The average molecular weight is 235 g/mol. The molecule has 5 nitrogen and oxygen atoms in total. The molecule has 2 heterocycles. The van der Waals surface area contributed by atoms with Crippen molar-refractivity contribution in [1.82, 2.24) is 9.55 Å². The van der Waals surface area contributed by atoms with Gasteiger partial charge < -0.3 is 10.3 Å². The van der Waals surface area contributed by atoms with Crippen LogP contribution < -0.4 is 11.3 Å². The topological polar surface area (TPSA) is 84.7 Å². The van der Waals surface area contributed by atoms with Gasteiger partial charge >= 0.3 is 0 Å². The van der Waals surface area contributed by atoms with Gasteiger partial charge in [0, 0.05) is 7.05 Å². The fourth-order valence-electron chi connectivity index (χ4n) is 1.46. The van der Waals surface area contributed by atoms with Crippen molar-refractivity contribution in [2.75, 3.05) is 5.73 Å². The van der Waals surface area contributed by atoms with Gasteiger partial charge in [0.2, 0.25) is 0 Å². The summed E-state index contributed by atoms with van der Waals surface area (Å²) in [4.78, 5) is 15.6. The highest BCUT2D eigenvalue weighted by atomic mass is 35.5. The molecule has 0 aliphatic rings. The molecule has 16 heavy (non-hydrogen) atoms. The Morgan fingerprint density at radius 1 is 1.56 bits per heavy atom. The van der Waals surface area contributed by atoms with Crippen molar-refractivity contribution >= 4 is 28.3 Å². The van der Waals surface area contributed by atoms with Gasteiger partial charge in [-0.05, 0) is 12.1 Å². The van der Waals surface area contributed by atoms with Gasteiger partial charge in [-0.25, -0.2) is 4.98 Å². The lowest BCUT2D eigenvalue weighted by Crippen LogP contribution is -2.19. The summed E-state index contributed by atoms with van der Waals surface area (Å²) < 4.78 is 1.35. The van der Waals surface area contributed by atoms with Crippen LogP contribution in [0.3, 0.4) is 0 Å². The molecule has 0 radical (unpaired) electrons. The monoisotopic (exact) mass is 234 g/mol. The molecule has 0 fully saturated rings. The Bertz CT molecular complexity index is 684. The number of fused-ring (bicyclic) bond motifs is 1. The lowest BCUT2D eigenvalue weighted by molar-refractivity contribution is 0.904. The summed E-state index contributed by atoms with van der Waals surface area (Å²) in [5.74, 6) is 0. The molecule has 0 saturated heterocycles. The molecular weight excluding hydrogens is 228 g/mol. The SMILES string of the molecule is Cn1c(=O)c(Cl)c(N)c2nc(C#N)ccc21. The smallest absolute Gasteiger partial charge is 0.271 e. The molecule has 0 aromatic carbocycles. The van der Waals surface area contributed by atoms with Crippen LogP contribution in [0.2, 0.25) is 5.02 Å². The molecule has 0 saturated carbocycles. The summed E-state index contributed by atoms with van der Waals surface area (Å²) in [5, 5.41) is 8.65. The van der Waals surface area contributed by atoms with E-state index < -0.39 is 0 Å². The van der Waals surface area contributed by atoms with Gasteiger partial charge in [0.1, 0.15) is 22.3 Å². The van der Waals surface area contributed by atoms with Crippen molar-refractivity contribution < 1.29 is 0 Å². The van der Waals surface area contributed by atoms with Crippen molar-refractivity contribution in [2.24, 2.45) is 7.05 Å². The number of hydrogen-bond donors (Lipinski definition) is 1. The first-order chi connectivity index (χ1) is 7.56. The van der Waals surface area contributed by atoms with Crippen molar-refractivity contribution in [3.63, 3.8) is 0 Å². The van der Waals surface area contributed by atoms with E-state index in [1.165, 1.54) is 10.6 Å². The Morgan fingerprint density at radius 3 is 2.88 bits per heavy atom. The second-order valence-electron chi connectivity index (χ2n) is 3.27. The maximum absolute atomic E-state index is 11.6. The van der Waals surface area contributed by atoms with Crippen molar-refractivity contribution in [3.8, 4) is 6.07 Å². The molecular formula is C10H7ClN4O. The van der Waals surface area contributed by atoms with Gasteiger partial charge in [-0.3, -0.25) is 4.79 Å². The van der Waals surface area contributed by atoms with E-state index in [0.29, 0.717) is 11.0 Å². The third-order valence-electron chi connectivity index (χ3n) is 2.33. The van der Waals surface area contributed by atoms with Crippen LogP contribution in [0, 0.1) is 11.3 Å². The van der Waals surface area contributed by atoms with Crippen LogP contribution >= 0.6 is 11.6 Å². The van der Waals surface area contributed by atoms with Crippen LogP contribution in [-0.2, 0) is 7.05 Å². The third kappa shape index (κ3) is 1.32. The van der Waals surface area contributed by atoms with Gasteiger partial charge in [-0.2, -0.15) is 5.26 Å². The van der Waals surface area contributed by atoms with E-state index in [1.807, 2.05) is 6.07 Å². The summed E-state index contributed by atoms with van der Waals surface area (Å²) >= 11 is 5.78. The molecule has 0 amide bonds. The summed E-state index contributed by atoms with van der Waals surface area (Å²) in [5.41, 5.74) is 6.57. The maximum Gasteiger partial charge on any atom is 0.271 e. The molecule has 2 aromatic rings. The second kappa shape index (κ2) is 3.51. The molecule has 2 rings (SSSR count). The predicted octanol–water partition coefficient (Wildman–Crippen LogP) is 1.04. The van der Waals surface area contributed by atoms with E-state index in [0.717, 1.165) is 0 Å². The minimum atomic E-state index is -0.377. The Kier molecular flexibility index (Phi) is 2.29. The highest BCUT2D eigenvalue weighted by Gasteiger charge is 2.12. The number of rotatable bonds is 0. The number of aromatic nitrogens is 2. The normalized spacial score (nSPS) is 10.3. The zero-order valence-electron chi connectivity index (χ0n) is 8.36. The van der Waals surface area contributed by atoms with Crippen LogP contribution in [0.5, 0.6) is 0 Å². The van der Waals surface area contributed by atoms with Crippen LogP contribution in [0.25, 0.3) is 11.0 Å². The van der Waals surface area contributed by atoms with E-state index in [-0.39, 0.29) is 22.0 Å². The number of nitrogens with zero attached hydrogens (tertiary/aromatic N) is 3. The molecule has 0 aliphatic heterocycles. The fraction of sp³-hybridized carbons (Fsp3) is 0.100. The van der Waals surface area contributed by atoms with E-state index in [4.69, 9.17) is 22.6 Å². The number of pyridine rings is 2. The van der Waals surface area contributed by atoms with Gasteiger partial charge in [-0.1, -0.05) is 11.6 Å². The number of nitrogens with two attached hydrogens (primary N) is 1. The quantitative estimate of drug-likeness (QED) is 0.738. The first-order valence-corrected chi connectivity index (χ1v) is 4.79. The Balaban J connectivity index is 3.04. The van der Waals surface area contributed by atoms with E-state index in [1.54, 1.807) is 13.1 Å². The Morgan fingerprint density at radius 2 is 2.25 bits per heavy atom. The molecule has 0 spiro atoms. The predicted molar refractivity (Wildman–Crippen MR) is 61.1 cm³/mol. The summed E-state index contributed by atoms with van der Waals surface area (Å²) in [6.07, 6.45) is 0. The highest BCUT2D eigenvalue weighted by Crippen LogP contribution is 2.23. The Labute approximate surface area is 95.7 Å². The summed E-state index contributed by atoms with van der Waals surface area (Å²) in [6, 6.07) is 5.05. The largest absolute Gasteiger partial charge is 0.396 e. The standard InChI is InChI=1S/C10H7ClN4O/c1-15-6-3-2-5(4-12)14-9(6)8(13)7(11)10(15)16/h2-3H,13H2,1H3. The number of nitrogen functional groups attached to an aromatic ring is 1. The van der Waals surface area contributed by atoms with Crippen LogP contribution in [0.1, 0.15) is 5.69 Å². The number of anilines is 1. The van der Waals surface area contributed by atoms with E-state index in [2.05, 4.69) is 4.98 Å². The first kappa shape index (κ1) is 10.5. The molecule has 0 aliphatic carbocycles. The fourth-order valence-corrected chi connectivity index (χ4v) is 1.67. The van der Waals surface area contributed by atoms with Gasteiger partial charge in [-0.15, -0.1) is 0 Å². The molecule has 2 N–H and O–H groups in total. The highest BCUT2D eigenvalue weighted by molar-refractivity contribution is 6.34. The van der Waals surface area contributed by atoms with Crippen LogP contribution in [0.4, 0.5) is 5.69 Å². The maximum atomic E-state index is 11.6. The van der Waals surface area contributed by atoms with E-state index in [9.17, 15) is 4.79 Å². The number of halogens is 1. The Hall–Kier alpha value is -2.06. The third-order valence-corrected chi connectivity index (χ3v) is 2.70. The molecule has 6 heteroatoms. The second-order valence-corrected chi connectivity index (χ2v) is 3.65. The van der Waals surface area contributed by atoms with Gasteiger partial charge in [0.25, 0.3) is 5.56 Å². The average Bonchev–Trinajstić information content (AvgIpc) is 2.33. The molecule has 0 atom stereocenters. The molecule has 0 bridgehead atoms. The number of nitriles is 1. The number of hydrogen-bond acceptors (Lipinski definition) is 4. The van der Waals surface area contributed by atoms with Gasteiger partial charge in [0.05, 0.1) is 11.2 Å². The minimum absolute atomic E-state index is 0.0717. The van der Waals surface area contributed by atoms with Crippen molar-refractivity contribution in [3.05, 3.63) is 33.2 Å². The lowest BCUT2D eigenvalue weighted by atomic mass is 10.2. The molecule has 2 aromatic heterocycles. The molecule has 80 valence electrons. The number of aryl methyl sites for hydroxylation is 1. The first-order valence-electron chi connectivity index (χ1n) is 4.41. The van der Waals surface area contributed by atoms with E-state index >= 15 is 0 Å². The van der Waals surface area contributed by atoms with Crippen LogP contribution in [-0.4, -0.2) is 9.55 Å².